The SMILES string of the molecule is Cc1cc(Nc2c(F)cccc2F)nc(NN)n1. The minimum absolute atomic E-state index is 0.161. The lowest BCUT2D eigenvalue weighted by molar-refractivity contribution is 0.590. The molecule has 5 nitrogen and oxygen atoms in total. The van der Waals surface area contributed by atoms with Crippen molar-refractivity contribution in [2.75, 3.05) is 10.7 Å². The molecule has 4 N–H and O–H groups in total. The van der Waals surface area contributed by atoms with Crippen LogP contribution in [0.2, 0.25) is 0 Å². The third kappa shape index (κ3) is 2.51. The predicted molar refractivity (Wildman–Crippen MR) is 64.2 cm³/mol. The van der Waals surface area contributed by atoms with Crippen molar-refractivity contribution in [2.24, 2.45) is 5.84 Å². The topological polar surface area (TPSA) is 75.9 Å². The summed E-state index contributed by atoms with van der Waals surface area (Å²) in [6.07, 6.45) is 0. The number of para-hydroxylation sites is 1. The number of hydrogen-bond donors (Lipinski definition) is 3. The monoisotopic (exact) mass is 251 g/mol. The van der Waals surface area contributed by atoms with Crippen LogP contribution >= 0.6 is 0 Å². The summed E-state index contributed by atoms with van der Waals surface area (Å²) >= 11 is 0. The van der Waals surface area contributed by atoms with E-state index in [-0.39, 0.29) is 17.5 Å². The smallest absolute Gasteiger partial charge is 0.239 e. The first-order valence-corrected chi connectivity index (χ1v) is 5.13. The van der Waals surface area contributed by atoms with Crippen LogP contribution in [0.15, 0.2) is 24.3 Å². The van der Waals surface area contributed by atoms with E-state index in [1.165, 1.54) is 6.07 Å². The van der Waals surface area contributed by atoms with Gasteiger partial charge in [0, 0.05) is 11.8 Å². The molecule has 94 valence electrons. The third-order valence-electron chi connectivity index (χ3n) is 2.20. The number of nitrogens with two attached hydrogens (primary N) is 1. The molecule has 0 saturated carbocycles. The Morgan fingerprint density at radius 2 is 1.83 bits per heavy atom. The summed E-state index contributed by atoms with van der Waals surface area (Å²) in [6.45, 7) is 1.71. The van der Waals surface area contributed by atoms with E-state index >= 15 is 0 Å². The summed E-state index contributed by atoms with van der Waals surface area (Å²) in [7, 11) is 0. The summed E-state index contributed by atoms with van der Waals surface area (Å²) < 4.78 is 26.9. The van der Waals surface area contributed by atoms with Gasteiger partial charge >= 0.3 is 0 Å². The summed E-state index contributed by atoms with van der Waals surface area (Å²) in [5, 5.41) is 2.56. The molecule has 1 aromatic carbocycles. The molecular formula is C11H11F2N5. The van der Waals surface area contributed by atoms with E-state index in [2.05, 4.69) is 20.7 Å². The van der Waals surface area contributed by atoms with Gasteiger partial charge in [0.1, 0.15) is 23.1 Å². The highest BCUT2D eigenvalue weighted by Crippen LogP contribution is 2.22. The molecule has 0 bridgehead atoms. The summed E-state index contributed by atoms with van der Waals surface area (Å²) in [6, 6.07) is 5.14. The molecule has 0 radical (unpaired) electrons. The molecule has 0 fully saturated rings. The number of rotatable bonds is 3. The Hall–Kier alpha value is -2.28. The van der Waals surface area contributed by atoms with Crippen molar-refractivity contribution < 1.29 is 8.78 Å². The Morgan fingerprint density at radius 3 is 2.44 bits per heavy atom. The zero-order valence-electron chi connectivity index (χ0n) is 9.54. The van der Waals surface area contributed by atoms with Crippen molar-refractivity contribution in [3.63, 3.8) is 0 Å². The largest absolute Gasteiger partial charge is 0.335 e. The lowest BCUT2D eigenvalue weighted by atomic mass is 10.3. The van der Waals surface area contributed by atoms with Crippen molar-refractivity contribution in [1.29, 1.82) is 0 Å². The molecule has 1 aromatic heterocycles. The van der Waals surface area contributed by atoms with Gasteiger partial charge in [0.05, 0.1) is 0 Å². The Labute approximate surface area is 102 Å². The van der Waals surface area contributed by atoms with E-state index in [9.17, 15) is 8.78 Å². The maximum Gasteiger partial charge on any atom is 0.239 e. The maximum absolute atomic E-state index is 13.4. The first-order chi connectivity index (χ1) is 8.60. The quantitative estimate of drug-likeness (QED) is 0.575. The number of aromatic nitrogens is 2. The van der Waals surface area contributed by atoms with Gasteiger partial charge in [-0.15, -0.1) is 0 Å². The lowest BCUT2D eigenvalue weighted by Gasteiger charge is -2.09. The normalized spacial score (nSPS) is 10.2. The molecular weight excluding hydrogens is 240 g/mol. The zero-order valence-corrected chi connectivity index (χ0v) is 9.54. The van der Waals surface area contributed by atoms with Gasteiger partial charge in [-0.3, -0.25) is 5.43 Å². The predicted octanol–water partition coefficient (Wildman–Crippen LogP) is 2.09. The van der Waals surface area contributed by atoms with E-state index in [0.29, 0.717) is 5.69 Å². The molecule has 0 aliphatic carbocycles. The number of nitrogens with zero attached hydrogens (tertiary/aromatic N) is 2. The molecule has 18 heavy (non-hydrogen) atoms. The van der Waals surface area contributed by atoms with Gasteiger partial charge in [0.15, 0.2) is 0 Å². The Kier molecular flexibility index (Phi) is 3.33. The van der Waals surface area contributed by atoms with Gasteiger partial charge in [-0.1, -0.05) is 6.07 Å². The van der Waals surface area contributed by atoms with Crippen LogP contribution in [-0.2, 0) is 0 Å². The van der Waals surface area contributed by atoms with E-state index in [0.717, 1.165) is 12.1 Å². The minimum Gasteiger partial charge on any atom is -0.335 e. The highest BCUT2D eigenvalue weighted by atomic mass is 19.1. The zero-order chi connectivity index (χ0) is 13.1. The third-order valence-corrected chi connectivity index (χ3v) is 2.20. The van der Waals surface area contributed by atoms with E-state index < -0.39 is 11.6 Å². The number of anilines is 3. The van der Waals surface area contributed by atoms with Crippen LogP contribution in [0.4, 0.5) is 26.2 Å². The Morgan fingerprint density at radius 1 is 1.17 bits per heavy atom. The van der Waals surface area contributed by atoms with E-state index in [4.69, 9.17) is 5.84 Å². The van der Waals surface area contributed by atoms with Crippen LogP contribution in [0, 0.1) is 18.6 Å². The molecule has 0 spiro atoms. The van der Waals surface area contributed by atoms with Crippen LogP contribution in [0.1, 0.15) is 5.69 Å². The minimum atomic E-state index is -0.700. The van der Waals surface area contributed by atoms with Gasteiger partial charge in [-0.25, -0.2) is 19.6 Å². The van der Waals surface area contributed by atoms with E-state index in [1.807, 2.05) is 0 Å². The number of benzene rings is 1. The fraction of sp³-hybridized carbons (Fsp3) is 0.0909. The van der Waals surface area contributed by atoms with Gasteiger partial charge in [-0.05, 0) is 19.1 Å². The maximum atomic E-state index is 13.4. The van der Waals surface area contributed by atoms with Crippen molar-refractivity contribution in [2.45, 2.75) is 6.92 Å². The van der Waals surface area contributed by atoms with Crippen LogP contribution < -0.4 is 16.6 Å². The number of nitrogens with one attached hydrogen (secondary N) is 2. The highest BCUT2D eigenvalue weighted by molar-refractivity contribution is 5.58. The molecule has 0 unspecified atom stereocenters. The summed E-state index contributed by atoms with van der Waals surface area (Å²) in [5.74, 6) is 4.20. The molecule has 1 heterocycles. The standard InChI is InChI=1S/C11H11F2N5/c1-6-5-9(17-11(15-6)18-14)16-10-7(12)3-2-4-8(10)13/h2-5H,14H2,1H3,(H2,15,16,17,18). The van der Waals surface area contributed by atoms with Crippen LogP contribution in [0.3, 0.4) is 0 Å². The van der Waals surface area contributed by atoms with Crippen molar-refractivity contribution in [3.05, 3.63) is 41.6 Å². The van der Waals surface area contributed by atoms with E-state index in [1.54, 1.807) is 13.0 Å². The number of aryl methyl sites for hydroxylation is 1. The van der Waals surface area contributed by atoms with Crippen LogP contribution in [-0.4, -0.2) is 9.97 Å². The fourth-order valence-corrected chi connectivity index (χ4v) is 1.44. The number of halogens is 2. The molecule has 0 aliphatic rings. The van der Waals surface area contributed by atoms with Gasteiger partial charge in [0.2, 0.25) is 5.95 Å². The number of nitrogen functional groups attached to an aromatic ring is 1. The molecule has 2 rings (SSSR count). The lowest BCUT2D eigenvalue weighted by Crippen LogP contribution is -2.12. The molecule has 0 saturated heterocycles. The molecule has 0 aliphatic heterocycles. The van der Waals surface area contributed by atoms with Gasteiger partial charge in [-0.2, -0.15) is 4.98 Å². The van der Waals surface area contributed by atoms with Crippen LogP contribution in [0.25, 0.3) is 0 Å². The number of hydrogen-bond acceptors (Lipinski definition) is 5. The average Bonchev–Trinajstić information content (AvgIpc) is 2.33. The molecule has 2 aromatic rings. The first kappa shape index (κ1) is 12.2. The van der Waals surface area contributed by atoms with Crippen molar-refractivity contribution in [3.8, 4) is 0 Å². The molecule has 0 amide bonds. The van der Waals surface area contributed by atoms with Crippen molar-refractivity contribution in [1.82, 2.24) is 9.97 Å². The average molecular weight is 251 g/mol. The first-order valence-electron chi connectivity index (χ1n) is 5.13. The Bertz CT molecular complexity index is 553. The molecule has 0 atom stereocenters. The highest BCUT2D eigenvalue weighted by Gasteiger charge is 2.10. The van der Waals surface area contributed by atoms with Crippen molar-refractivity contribution >= 4 is 17.5 Å². The van der Waals surface area contributed by atoms with Gasteiger partial charge < -0.3 is 5.32 Å². The second kappa shape index (κ2) is 4.92. The summed E-state index contributed by atoms with van der Waals surface area (Å²) in [5.41, 5.74) is 2.62. The molecule has 7 heteroatoms. The summed E-state index contributed by atoms with van der Waals surface area (Å²) in [4.78, 5) is 7.90. The second-order valence-corrected chi connectivity index (χ2v) is 3.58. The van der Waals surface area contributed by atoms with Gasteiger partial charge in [0.25, 0.3) is 0 Å². The fourth-order valence-electron chi connectivity index (χ4n) is 1.44. The Balaban J connectivity index is 2.37. The van der Waals surface area contributed by atoms with Crippen LogP contribution in [0.5, 0.6) is 0 Å². The second-order valence-electron chi connectivity index (χ2n) is 3.58. The number of hydrazine groups is 1.